The van der Waals surface area contributed by atoms with Gasteiger partial charge in [0.25, 0.3) is 0 Å². The first-order chi connectivity index (χ1) is 14.0. The van der Waals surface area contributed by atoms with Crippen LogP contribution in [0.1, 0.15) is 33.5 Å². The highest BCUT2D eigenvalue weighted by Crippen LogP contribution is 2.50. The Morgan fingerprint density at radius 1 is 1.00 bits per heavy atom. The second-order valence-corrected chi connectivity index (χ2v) is 8.54. The van der Waals surface area contributed by atoms with Crippen molar-refractivity contribution in [3.8, 4) is 22.3 Å². The summed E-state index contributed by atoms with van der Waals surface area (Å²) in [6.45, 7) is 9.40. The van der Waals surface area contributed by atoms with Crippen molar-refractivity contribution in [2.24, 2.45) is 0 Å². The summed E-state index contributed by atoms with van der Waals surface area (Å²) in [5.74, 6) is 0. The first-order valence-corrected chi connectivity index (χ1v) is 11.1. The van der Waals surface area contributed by atoms with Gasteiger partial charge in [-0.25, -0.2) is 0 Å². The number of aldehydes is 1. The minimum Gasteiger partial charge on any atom is -0.310 e. The maximum atomic E-state index is 11.6. The molecule has 4 heteroatoms. The predicted molar refractivity (Wildman–Crippen MR) is 124 cm³/mol. The number of anilines is 1. The van der Waals surface area contributed by atoms with Crippen molar-refractivity contribution in [3.05, 3.63) is 70.0 Å². The molecule has 1 aliphatic rings. The first kappa shape index (κ1) is 19.7. The zero-order valence-corrected chi connectivity index (χ0v) is 18.5. The summed E-state index contributed by atoms with van der Waals surface area (Å²) in [6, 6.07) is 10.7. The summed E-state index contributed by atoms with van der Waals surface area (Å²) in [5.41, 5.74) is 13.2. The van der Waals surface area contributed by atoms with Crippen molar-refractivity contribution in [1.82, 2.24) is 4.98 Å². The van der Waals surface area contributed by atoms with Crippen molar-refractivity contribution in [2.75, 3.05) is 10.6 Å². The third kappa shape index (κ3) is 3.16. The van der Waals surface area contributed by atoms with Gasteiger partial charge in [0.1, 0.15) is 6.29 Å². The molecule has 2 aromatic carbocycles. The van der Waals surface area contributed by atoms with Crippen LogP contribution in [0.25, 0.3) is 22.3 Å². The van der Waals surface area contributed by atoms with Crippen molar-refractivity contribution in [2.45, 2.75) is 40.7 Å². The minimum absolute atomic E-state index is 0.421. The molecule has 0 spiro atoms. The number of aryl methyl sites for hydroxylation is 2. The second-order valence-electron chi connectivity index (χ2n) is 7.73. The summed E-state index contributed by atoms with van der Waals surface area (Å²) in [5, 5.41) is 0. The van der Waals surface area contributed by atoms with Crippen LogP contribution in [-0.2, 0) is 17.8 Å². The van der Waals surface area contributed by atoms with Crippen LogP contribution >= 0.6 is 11.9 Å². The van der Waals surface area contributed by atoms with E-state index < -0.39 is 0 Å². The fourth-order valence-corrected chi connectivity index (χ4v) is 5.22. The molecule has 2 heterocycles. The number of aromatic nitrogens is 1. The number of benzene rings is 2. The molecule has 0 N–H and O–H groups in total. The summed E-state index contributed by atoms with van der Waals surface area (Å²) in [7, 11) is 0. The van der Waals surface area contributed by atoms with E-state index in [1.54, 1.807) is 11.9 Å². The quantitative estimate of drug-likeness (QED) is 0.396. The van der Waals surface area contributed by atoms with E-state index in [4.69, 9.17) is 4.98 Å². The summed E-state index contributed by atoms with van der Waals surface area (Å²) >= 11 is 1.72. The number of hydrogen-bond donors (Lipinski definition) is 0. The number of fused-ring (bicyclic) bond motifs is 3. The van der Waals surface area contributed by atoms with Gasteiger partial charge in [-0.15, -0.1) is 0 Å². The summed E-state index contributed by atoms with van der Waals surface area (Å²) in [4.78, 5) is 16.3. The third-order valence-corrected chi connectivity index (χ3v) is 6.73. The fraction of sp³-hybridized carbons (Fsp3) is 0.280. The van der Waals surface area contributed by atoms with Crippen molar-refractivity contribution in [1.29, 1.82) is 0 Å². The van der Waals surface area contributed by atoms with Gasteiger partial charge in [-0.1, -0.05) is 41.8 Å². The molecule has 0 radical (unpaired) electrons. The van der Waals surface area contributed by atoms with Gasteiger partial charge in [0, 0.05) is 30.0 Å². The third-order valence-electron chi connectivity index (χ3n) is 5.98. The molecular formula is C25H26N2OS. The zero-order chi connectivity index (χ0) is 20.7. The molecule has 3 nitrogen and oxygen atoms in total. The molecule has 4 rings (SSSR count). The Bertz CT molecular complexity index is 1100. The molecule has 1 aliphatic heterocycles. The number of hydrogen-bond acceptors (Lipinski definition) is 4. The molecule has 0 unspecified atom stereocenters. The van der Waals surface area contributed by atoms with Crippen LogP contribution < -0.4 is 4.31 Å². The van der Waals surface area contributed by atoms with Crippen molar-refractivity contribution >= 4 is 23.9 Å². The van der Waals surface area contributed by atoms with E-state index in [0.717, 1.165) is 24.1 Å². The number of carbonyl (C=O) groups excluding carboxylic acids is 1. The topological polar surface area (TPSA) is 33.2 Å². The average Bonchev–Trinajstić information content (AvgIpc) is 2.72. The van der Waals surface area contributed by atoms with Crippen molar-refractivity contribution in [3.63, 3.8) is 0 Å². The highest BCUT2D eigenvalue weighted by molar-refractivity contribution is 7.99. The fourth-order valence-electron chi connectivity index (χ4n) is 4.56. The summed E-state index contributed by atoms with van der Waals surface area (Å²) in [6.07, 6.45) is 5.46. The molecule has 1 aromatic heterocycles. The van der Waals surface area contributed by atoms with Crippen LogP contribution in [0.5, 0.6) is 0 Å². The van der Waals surface area contributed by atoms with Crippen LogP contribution in [0.4, 0.5) is 5.69 Å². The van der Waals surface area contributed by atoms with Gasteiger partial charge in [-0.3, -0.25) is 4.98 Å². The van der Waals surface area contributed by atoms with E-state index in [1.165, 1.54) is 50.2 Å². The Kier molecular flexibility index (Phi) is 5.22. The smallest absolute Gasteiger partial charge is 0.124 e. The van der Waals surface area contributed by atoms with Gasteiger partial charge in [0.05, 0.1) is 17.9 Å². The lowest BCUT2D eigenvalue weighted by molar-refractivity contribution is -0.107. The number of nitrogens with zero attached hydrogens (tertiary/aromatic N) is 2. The number of rotatable bonds is 4. The number of pyridine rings is 1. The molecule has 0 aliphatic carbocycles. The van der Waals surface area contributed by atoms with Crippen molar-refractivity contribution < 1.29 is 4.79 Å². The minimum atomic E-state index is 0.421. The average molecular weight is 403 g/mol. The molecule has 148 valence electrons. The van der Waals surface area contributed by atoms with E-state index in [0.29, 0.717) is 6.42 Å². The standard InChI is InChI=1S/C25H26N2OS/c1-15-6-8-19(9-7-15)23-18(4)24-22-16(2)10-12-26-21(22)14-27(29-5)25(24)17(3)20(23)11-13-28/h6-10,12-13H,11,14H2,1-5H3. The largest absolute Gasteiger partial charge is 0.310 e. The molecule has 0 bridgehead atoms. The Labute approximate surface area is 177 Å². The van der Waals surface area contributed by atoms with E-state index >= 15 is 0 Å². The maximum Gasteiger partial charge on any atom is 0.124 e. The molecule has 0 saturated heterocycles. The molecule has 0 atom stereocenters. The van der Waals surface area contributed by atoms with Gasteiger partial charge in [0.2, 0.25) is 0 Å². The molecule has 0 amide bonds. The van der Waals surface area contributed by atoms with Crippen LogP contribution in [0, 0.1) is 27.7 Å². The number of carbonyl (C=O) groups is 1. The van der Waals surface area contributed by atoms with Gasteiger partial charge < -0.3 is 9.10 Å². The van der Waals surface area contributed by atoms with Gasteiger partial charge in [-0.2, -0.15) is 0 Å². The van der Waals surface area contributed by atoms with Crippen LogP contribution in [0.2, 0.25) is 0 Å². The second kappa shape index (κ2) is 7.68. The van der Waals surface area contributed by atoms with E-state index in [9.17, 15) is 4.79 Å². The van der Waals surface area contributed by atoms with Gasteiger partial charge in [-0.05, 0) is 67.1 Å². The lowest BCUT2D eigenvalue weighted by atomic mass is 9.81. The van der Waals surface area contributed by atoms with E-state index in [1.807, 2.05) is 6.20 Å². The molecule has 29 heavy (non-hydrogen) atoms. The monoisotopic (exact) mass is 402 g/mol. The Hall–Kier alpha value is -2.59. The lowest BCUT2D eigenvalue weighted by Gasteiger charge is -2.35. The zero-order valence-electron chi connectivity index (χ0n) is 17.7. The summed E-state index contributed by atoms with van der Waals surface area (Å²) < 4.78 is 2.32. The maximum absolute atomic E-state index is 11.6. The predicted octanol–water partition coefficient (Wildman–Crippen LogP) is 5.99. The molecule has 3 aromatic rings. The van der Waals surface area contributed by atoms with E-state index in [2.05, 4.69) is 68.6 Å². The van der Waals surface area contributed by atoms with E-state index in [-0.39, 0.29) is 0 Å². The van der Waals surface area contributed by atoms with Gasteiger partial charge >= 0.3 is 0 Å². The Morgan fingerprint density at radius 3 is 2.38 bits per heavy atom. The van der Waals surface area contributed by atoms with Crippen LogP contribution in [-0.4, -0.2) is 17.5 Å². The van der Waals surface area contributed by atoms with Crippen LogP contribution in [0.15, 0.2) is 36.5 Å². The Balaban J connectivity index is 2.14. The SMILES string of the molecule is CSN1Cc2nccc(C)c2-c2c(C)c(-c3ccc(C)cc3)c(CC=O)c(C)c21. The molecule has 0 saturated carbocycles. The lowest BCUT2D eigenvalue weighted by Crippen LogP contribution is -2.23. The highest BCUT2D eigenvalue weighted by atomic mass is 32.2. The first-order valence-electron chi connectivity index (χ1n) is 9.91. The molecular weight excluding hydrogens is 376 g/mol. The highest BCUT2D eigenvalue weighted by Gasteiger charge is 2.31. The molecule has 0 fully saturated rings. The normalized spacial score (nSPS) is 12.5. The Morgan fingerprint density at radius 2 is 1.72 bits per heavy atom. The van der Waals surface area contributed by atoms with Gasteiger partial charge in [0.15, 0.2) is 0 Å². The van der Waals surface area contributed by atoms with Crippen LogP contribution in [0.3, 0.4) is 0 Å².